The number of thioether (sulfide) groups is 1. The summed E-state index contributed by atoms with van der Waals surface area (Å²) in [7, 11) is 0. The summed E-state index contributed by atoms with van der Waals surface area (Å²) in [5, 5.41) is 17.8. The van der Waals surface area contributed by atoms with E-state index < -0.39 is 11.9 Å². The van der Waals surface area contributed by atoms with Gasteiger partial charge in [-0.15, -0.1) is 23.6 Å². The summed E-state index contributed by atoms with van der Waals surface area (Å²) in [5.41, 5.74) is 0. The fourth-order valence-corrected chi connectivity index (χ4v) is 4.49. The van der Waals surface area contributed by atoms with Crippen molar-refractivity contribution in [3.63, 3.8) is 0 Å². The molecule has 0 aromatic heterocycles. The van der Waals surface area contributed by atoms with E-state index in [1.165, 1.54) is 70.6 Å². The van der Waals surface area contributed by atoms with Gasteiger partial charge in [-0.05, 0) is 31.4 Å². The summed E-state index contributed by atoms with van der Waals surface area (Å²) in [5.74, 6) is 5.04. The topological polar surface area (TPSA) is 74.6 Å². The smallest absolute Gasteiger partial charge is 0.313 e. The Balaban J connectivity index is 0.000000750. The molecule has 0 aliphatic rings. The van der Waals surface area contributed by atoms with Crippen LogP contribution in [0.5, 0.6) is 0 Å². The quantitative estimate of drug-likeness (QED) is 0.109. The average Bonchev–Trinajstić information content (AvgIpc) is 2.82. The second kappa shape index (κ2) is 24.3. The van der Waals surface area contributed by atoms with Crippen LogP contribution in [0.15, 0.2) is 23.1 Å². The molecule has 0 bridgehead atoms. The second-order valence-electron chi connectivity index (χ2n) is 8.47. The van der Waals surface area contributed by atoms with E-state index in [-0.39, 0.29) is 5.75 Å². The predicted octanol–water partition coefficient (Wildman–Crippen LogP) is 9.51. The SMILES string of the molecule is CCCCCCC#CCCCCCCCCCCCC(=O)O.O=C(O)CSc1cccc(Cl)c1Cl. The summed E-state index contributed by atoms with van der Waals surface area (Å²) in [4.78, 5) is 21.3. The summed E-state index contributed by atoms with van der Waals surface area (Å²) in [6, 6.07) is 5.13. The zero-order valence-corrected chi connectivity index (χ0v) is 23.5. The molecule has 7 heteroatoms. The van der Waals surface area contributed by atoms with Crippen LogP contribution in [0.1, 0.15) is 110 Å². The molecular formula is C28H42Cl2O4S. The van der Waals surface area contributed by atoms with Gasteiger partial charge >= 0.3 is 11.9 Å². The fourth-order valence-electron chi connectivity index (χ4n) is 3.28. The van der Waals surface area contributed by atoms with Gasteiger partial charge in [0.25, 0.3) is 0 Å². The van der Waals surface area contributed by atoms with E-state index in [2.05, 4.69) is 18.8 Å². The van der Waals surface area contributed by atoms with Crippen molar-refractivity contribution in [1.29, 1.82) is 0 Å². The third-order valence-corrected chi connectivity index (χ3v) is 7.21. The molecule has 0 aliphatic heterocycles. The molecule has 1 aromatic carbocycles. The first-order valence-corrected chi connectivity index (χ1v) is 14.6. The zero-order chi connectivity index (χ0) is 26.2. The predicted molar refractivity (Wildman–Crippen MR) is 150 cm³/mol. The normalized spacial score (nSPS) is 10.1. The van der Waals surface area contributed by atoms with Crippen molar-refractivity contribution in [2.45, 2.75) is 115 Å². The second-order valence-corrected chi connectivity index (χ2v) is 10.3. The third kappa shape index (κ3) is 22.8. The number of rotatable bonds is 18. The lowest BCUT2D eigenvalue weighted by Crippen LogP contribution is -1.97. The van der Waals surface area contributed by atoms with E-state index >= 15 is 0 Å². The van der Waals surface area contributed by atoms with Crippen LogP contribution in [-0.4, -0.2) is 27.9 Å². The van der Waals surface area contributed by atoms with Gasteiger partial charge in [-0.3, -0.25) is 9.59 Å². The minimum Gasteiger partial charge on any atom is -0.481 e. The molecule has 35 heavy (non-hydrogen) atoms. The first-order valence-electron chi connectivity index (χ1n) is 12.8. The Morgan fingerprint density at radius 2 is 1.29 bits per heavy atom. The molecule has 0 saturated carbocycles. The molecule has 0 spiro atoms. The summed E-state index contributed by atoms with van der Waals surface area (Å²) in [6.07, 6.45) is 18.6. The van der Waals surface area contributed by atoms with Gasteiger partial charge in [-0.2, -0.15) is 0 Å². The highest BCUT2D eigenvalue weighted by atomic mass is 35.5. The number of aliphatic carboxylic acids is 2. The molecule has 0 saturated heterocycles. The van der Waals surface area contributed by atoms with E-state index in [0.29, 0.717) is 21.4 Å². The monoisotopic (exact) mass is 544 g/mol. The number of unbranched alkanes of at least 4 members (excludes halogenated alkanes) is 13. The van der Waals surface area contributed by atoms with E-state index in [1.807, 2.05) is 0 Å². The largest absolute Gasteiger partial charge is 0.481 e. The Bertz CT molecular complexity index is 759. The van der Waals surface area contributed by atoms with Crippen molar-refractivity contribution in [2.24, 2.45) is 0 Å². The van der Waals surface area contributed by atoms with Crippen LogP contribution in [0.2, 0.25) is 10.0 Å². The lowest BCUT2D eigenvalue weighted by atomic mass is 10.1. The number of halogens is 2. The van der Waals surface area contributed by atoms with Crippen LogP contribution < -0.4 is 0 Å². The average molecular weight is 546 g/mol. The molecule has 198 valence electrons. The molecule has 0 heterocycles. The minimum atomic E-state index is -0.874. The molecule has 0 aliphatic carbocycles. The number of hydrogen-bond donors (Lipinski definition) is 2. The van der Waals surface area contributed by atoms with Crippen molar-refractivity contribution in [1.82, 2.24) is 0 Å². The fraction of sp³-hybridized carbons (Fsp3) is 0.643. The van der Waals surface area contributed by atoms with Crippen molar-refractivity contribution in [3.8, 4) is 11.8 Å². The van der Waals surface area contributed by atoms with Crippen molar-refractivity contribution in [2.75, 3.05) is 5.75 Å². The van der Waals surface area contributed by atoms with Crippen molar-refractivity contribution < 1.29 is 19.8 Å². The standard InChI is InChI=1S/C20H36O2.C8H6Cl2O2S/c1-2-3-4-5-6-7-8-9-10-11-12-13-14-15-16-17-18-19-20(21)22;9-5-2-1-3-6(8(5)10)13-4-7(11)12/h2-6,9-19H2,1H3,(H,21,22);1-3H,4H2,(H,11,12). The Morgan fingerprint density at radius 3 is 1.80 bits per heavy atom. The Hall–Kier alpha value is -1.35. The van der Waals surface area contributed by atoms with Gasteiger partial charge in [-0.1, -0.05) is 100 Å². The van der Waals surface area contributed by atoms with Gasteiger partial charge in [0.2, 0.25) is 0 Å². The molecule has 0 radical (unpaired) electrons. The number of carbonyl (C=O) groups is 2. The summed E-state index contributed by atoms with van der Waals surface area (Å²) < 4.78 is 0. The number of hydrogen-bond acceptors (Lipinski definition) is 3. The Labute approximate surface area is 226 Å². The van der Waals surface area contributed by atoms with Gasteiger partial charge in [0.1, 0.15) is 0 Å². The molecule has 4 nitrogen and oxygen atoms in total. The molecule has 2 N–H and O–H groups in total. The number of carboxylic acids is 2. The maximum absolute atomic E-state index is 10.4. The van der Waals surface area contributed by atoms with Gasteiger partial charge in [0, 0.05) is 24.2 Å². The lowest BCUT2D eigenvalue weighted by Gasteiger charge is -2.02. The highest BCUT2D eigenvalue weighted by molar-refractivity contribution is 8.00. The van der Waals surface area contributed by atoms with E-state index in [0.717, 1.165) is 37.4 Å². The van der Waals surface area contributed by atoms with Gasteiger partial charge in [0.05, 0.1) is 15.8 Å². The van der Waals surface area contributed by atoms with Gasteiger partial charge in [0.15, 0.2) is 0 Å². The third-order valence-electron chi connectivity index (χ3n) is 5.24. The lowest BCUT2D eigenvalue weighted by molar-refractivity contribution is -0.137. The van der Waals surface area contributed by atoms with E-state index in [1.54, 1.807) is 18.2 Å². The number of carboxylic acid groups (broad SMARTS) is 2. The maximum atomic E-state index is 10.4. The van der Waals surface area contributed by atoms with Crippen LogP contribution in [0.4, 0.5) is 0 Å². The van der Waals surface area contributed by atoms with Crippen molar-refractivity contribution >= 4 is 46.9 Å². The molecule has 1 aromatic rings. The Kier molecular flexibility index (Phi) is 23.4. The molecule has 0 fully saturated rings. The maximum Gasteiger partial charge on any atom is 0.313 e. The minimum absolute atomic E-state index is 0.0138. The summed E-state index contributed by atoms with van der Waals surface area (Å²) in [6.45, 7) is 2.24. The first-order chi connectivity index (χ1) is 16.9. The highest BCUT2D eigenvalue weighted by Crippen LogP contribution is 2.32. The van der Waals surface area contributed by atoms with Gasteiger partial charge in [-0.25, -0.2) is 0 Å². The zero-order valence-electron chi connectivity index (χ0n) is 21.1. The van der Waals surface area contributed by atoms with Crippen molar-refractivity contribution in [3.05, 3.63) is 28.2 Å². The first kappa shape index (κ1) is 33.7. The van der Waals surface area contributed by atoms with Crippen LogP contribution >= 0.6 is 35.0 Å². The van der Waals surface area contributed by atoms with E-state index in [9.17, 15) is 9.59 Å². The highest BCUT2D eigenvalue weighted by Gasteiger charge is 2.06. The molecule has 0 atom stereocenters. The molecular weight excluding hydrogens is 503 g/mol. The summed E-state index contributed by atoms with van der Waals surface area (Å²) >= 11 is 12.7. The Morgan fingerprint density at radius 1 is 0.771 bits per heavy atom. The molecule has 0 unspecified atom stereocenters. The van der Waals surface area contributed by atoms with Crippen LogP contribution in [-0.2, 0) is 9.59 Å². The number of benzene rings is 1. The van der Waals surface area contributed by atoms with Crippen LogP contribution in [0, 0.1) is 11.8 Å². The van der Waals surface area contributed by atoms with Crippen LogP contribution in [0.3, 0.4) is 0 Å². The molecule has 0 amide bonds. The van der Waals surface area contributed by atoms with Gasteiger partial charge < -0.3 is 10.2 Å². The molecule has 1 rings (SSSR count). The van der Waals surface area contributed by atoms with Crippen LogP contribution in [0.25, 0.3) is 0 Å². The van der Waals surface area contributed by atoms with E-state index in [4.69, 9.17) is 33.4 Å².